The molecular weight excluding hydrogens is 521 g/mol. The van der Waals surface area contributed by atoms with Crippen molar-refractivity contribution in [3.05, 3.63) is 93.5 Å². The van der Waals surface area contributed by atoms with E-state index in [1.54, 1.807) is 39.0 Å². The second-order valence-corrected chi connectivity index (χ2v) is 11.5. The standard InChI is InChI=1S/C30H33Cl2N3O3/c1-29(2,36)20-38-25-12-13-27(26(32)16-25)35-15-14-34(18-28(35)22-6-10-24(31)11-7-22)19-30(3,37)23-8-4-21(17-33)5-9-23/h4-13,16,28,36-37H,14-15,18-20H2,1-3H3/t28-,30+/m0/s1. The molecule has 0 saturated carbocycles. The number of nitriles is 1. The highest BCUT2D eigenvalue weighted by molar-refractivity contribution is 6.33. The maximum absolute atomic E-state index is 11.4. The number of nitrogens with zero attached hydrogens (tertiary/aromatic N) is 3. The zero-order chi connectivity index (χ0) is 27.5. The van der Waals surface area contributed by atoms with E-state index < -0.39 is 11.2 Å². The molecule has 200 valence electrons. The molecule has 8 heteroatoms. The first-order chi connectivity index (χ1) is 17.9. The van der Waals surface area contributed by atoms with Crippen molar-refractivity contribution in [1.29, 1.82) is 5.26 Å². The molecule has 0 amide bonds. The van der Waals surface area contributed by atoms with Crippen molar-refractivity contribution in [3.8, 4) is 11.8 Å². The maximum Gasteiger partial charge on any atom is 0.121 e. The van der Waals surface area contributed by atoms with Crippen molar-refractivity contribution in [3.63, 3.8) is 0 Å². The minimum Gasteiger partial charge on any atom is -0.491 e. The lowest BCUT2D eigenvalue weighted by molar-refractivity contribution is 0.0103. The second-order valence-electron chi connectivity index (χ2n) is 10.7. The van der Waals surface area contributed by atoms with Crippen LogP contribution in [0.2, 0.25) is 10.0 Å². The Hall–Kier alpha value is -2.79. The van der Waals surface area contributed by atoms with Crippen LogP contribution in [0, 0.1) is 11.3 Å². The average Bonchev–Trinajstić information content (AvgIpc) is 2.88. The molecular formula is C30H33Cl2N3O3. The molecule has 3 aromatic rings. The van der Waals surface area contributed by atoms with Gasteiger partial charge < -0.3 is 19.8 Å². The molecule has 1 heterocycles. The molecule has 4 rings (SSSR count). The van der Waals surface area contributed by atoms with Crippen molar-refractivity contribution < 1.29 is 14.9 Å². The summed E-state index contributed by atoms with van der Waals surface area (Å²) in [7, 11) is 0. The van der Waals surface area contributed by atoms with Gasteiger partial charge in [0.2, 0.25) is 0 Å². The predicted molar refractivity (Wildman–Crippen MR) is 152 cm³/mol. The summed E-state index contributed by atoms with van der Waals surface area (Å²) in [6, 6.07) is 22.6. The number of rotatable bonds is 8. The monoisotopic (exact) mass is 553 g/mol. The van der Waals surface area contributed by atoms with Gasteiger partial charge in [-0.3, -0.25) is 4.90 Å². The lowest BCUT2D eigenvalue weighted by Gasteiger charge is -2.45. The molecule has 1 aliphatic rings. The summed E-state index contributed by atoms with van der Waals surface area (Å²) in [6.45, 7) is 7.88. The van der Waals surface area contributed by atoms with Crippen LogP contribution in [0.15, 0.2) is 66.7 Å². The van der Waals surface area contributed by atoms with Gasteiger partial charge in [0, 0.05) is 37.3 Å². The Morgan fingerprint density at radius 3 is 2.26 bits per heavy atom. The zero-order valence-electron chi connectivity index (χ0n) is 21.9. The van der Waals surface area contributed by atoms with Gasteiger partial charge >= 0.3 is 0 Å². The van der Waals surface area contributed by atoms with E-state index in [1.807, 2.05) is 48.5 Å². The summed E-state index contributed by atoms with van der Waals surface area (Å²) in [6.07, 6.45) is 0. The average molecular weight is 555 g/mol. The van der Waals surface area contributed by atoms with Crippen molar-refractivity contribution in [2.24, 2.45) is 0 Å². The summed E-state index contributed by atoms with van der Waals surface area (Å²) in [5.74, 6) is 0.598. The smallest absolute Gasteiger partial charge is 0.121 e. The molecule has 0 unspecified atom stereocenters. The first kappa shape index (κ1) is 28.2. The maximum atomic E-state index is 11.4. The third-order valence-electron chi connectivity index (χ3n) is 6.71. The number of benzene rings is 3. The largest absolute Gasteiger partial charge is 0.491 e. The number of hydrogen-bond acceptors (Lipinski definition) is 6. The molecule has 0 aliphatic carbocycles. The molecule has 0 aromatic heterocycles. The molecule has 3 aromatic carbocycles. The van der Waals surface area contributed by atoms with E-state index in [0.717, 1.165) is 23.4 Å². The van der Waals surface area contributed by atoms with Crippen LogP contribution in [-0.2, 0) is 5.60 Å². The minimum absolute atomic E-state index is 0.0292. The van der Waals surface area contributed by atoms with Gasteiger partial charge in [0.15, 0.2) is 0 Å². The van der Waals surface area contributed by atoms with E-state index in [-0.39, 0.29) is 12.6 Å². The third kappa shape index (κ3) is 6.99. The molecule has 0 bridgehead atoms. The fraction of sp³-hybridized carbons (Fsp3) is 0.367. The molecule has 6 nitrogen and oxygen atoms in total. The van der Waals surface area contributed by atoms with Crippen molar-refractivity contribution in [1.82, 2.24) is 4.90 Å². The highest BCUT2D eigenvalue weighted by Crippen LogP contribution is 2.38. The van der Waals surface area contributed by atoms with Gasteiger partial charge in [0.1, 0.15) is 12.4 Å². The number of ether oxygens (including phenoxy) is 1. The topological polar surface area (TPSA) is 80.0 Å². The lowest BCUT2D eigenvalue weighted by atomic mass is 9.93. The van der Waals surface area contributed by atoms with Gasteiger partial charge in [-0.05, 0) is 68.3 Å². The van der Waals surface area contributed by atoms with Crippen LogP contribution < -0.4 is 9.64 Å². The minimum atomic E-state index is -1.09. The van der Waals surface area contributed by atoms with Crippen LogP contribution >= 0.6 is 23.2 Å². The van der Waals surface area contributed by atoms with Crippen LogP contribution in [-0.4, -0.2) is 53.5 Å². The quantitative estimate of drug-likeness (QED) is 0.367. The van der Waals surface area contributed by atoms with E-state index >= 15 is 0 Å². The van der Waals surface area contributed by atoms with Gasteiger partial charge in [0.25, 0.3) is 0 Å². The molecule has 1 saturated heterocycles. The van der Waals surface area contributed by atoms with E-state index in [9.17, 15) is 10.2 Å². The summed E-state index contributed by atoms with van der Waals surface area (Å²) in [5, 5.41) is 31.7. The fourth-order valence-corrected chi connectivity index (χ4v) is 5.15. The van der Waals surface area contributed by atoms with Crippen LogP contribution in [0.5, 0.6) is 5.75 Å². The Balaban J connectivity index is 1.57. The Kier molecular flexibility index (Phi) is 8.56. The summed E-state index contributed by atoms with van der Waals surface area (Å²) < 4.78 is 5.73. The van der Waals surface area contributed by atoms with E-state index in [4.69, 9.17) is 33.2 Å². The number of hydrogen-bond donors (Lipinski definition) is 2. The Bertz CT molecular complexity index is 1280. The van der Waals surface area contributed by atoms with Gasteiger partial charge in [-0.15, -0.1) is 0 Å². The van der Waals surface area contributed by atoms with Crippen LogP contribution in [0.25, 0.3) is 0 Å². The van der Waals surface area contributed by atoms with E-state index in [1.165, 1.54) is 0 Å². The number of aliphatic hydroxyl groups is 2. The van der Waals surface area contributed by atoms with Crippen LogP contribution in [0.3, 0.4) is 0 Å². The second kappa shape index (κ2) is 11.5. The summed E-state index contributed by atoms with van der Waals surface area (Å²) in [4.78, 5) is 4.53. The van der Waals surface area contributed by atoms with E-state index in [2.05, 4.69) is 15.9 Å². The van der Waals surface area contributed by atoms with Gasteiger partial charge in [0.05, 0.1) is 39.6 Å². The summed E-state index contributed by atoms with van der Waals surface area (Å²) in [5.41, 5.74) is 1.29. The van der Waals surface area contributed by atoms with Crippen LogP contribution in [0.4, 0.5) is 5.69 Å². The van der Waals surface area contributed by atoms with Crippen molar-refractivity contribution >= 4 is 28.9 Å². The highest BCUT2D eigenvalue weighted by atomic mass is 35.5. The number of β-amino-alcohol motifs (C(OH)–C–C–N with tert-alkyl or cyclic N) is 1. The zero-order valence-corrected chi connectivity index (χ0v) is 23.4. The highest BCUT2D eigenvalue weighted by Gasteiger charge is 2.34. The molecule has 0 radical (unpaired) electrons. The predicted octanol–water partition coefficient (Wildman–Crippen LogP) is 5.79. The SMILES string of the molecule is CC(C)(O)COc1ccc(N2CCN(C[C@@](C)(O)c3ccc(C#N)cc3)C[C@H]2c2ccc(Cl)cc2)c(Cl)c1. The van der Waals surface area contributed by atoms with Gasteiger partial charge in [-0.2, -0.15) is 5.26 Å². The molecule has 2 atom stereocenters. The molecule has 1 fully saturated rings. The number of piperazine rings is 1. The molecule has 38 heavy (non-hydrogen) atoms. The normalized spacial score (nSPS) is 18.1. The number of anilines is 1. The van der Waals surface area contributed by atoms with Crippen molar-refractivity contribution in [2.75, 3.05) is 37.7 Å². The van der Waals surface area contributed by atoms with Gasteiger partial charge in [-0.25, -0.2) is 0 Å². The van der Waals surface area contributed by atoms with Crippen LogP contribution in [0.1, 0.15) is 43.5 Å². The molecule has 1 aliphatic heterocycles. The first-order valence-corrected chi connectivity index (χ1v) is 13.3. The van der Waals surface area contributed by atoms with Crippen molar-refractivity contribution in [2.45, 2.75) is 38.0 Å². The Labute approximate surface area is 234 Å². The molecule has 2 N–H and O–H groups in total. The third-order valence-corrected chi connectivity index (χ3v) is 7.26. The first-order valence-electron chi connectivity index (χ1n) is 12.6. The Morgan fingerprint density at radius 2 is 1.66 bits per heavy atom. The Morgan fingerprint density at radius 1 is 0.974 bits per heavy atom. The molecule has 0 spiro atoms. The fourth-order valence-electron chi connectivity index (χ4n) is 4.74. The lowest BCUT2D eigenvalue weighted by Crippen LogP contribution is -2.52. The van der Waals surface area contributed by atoms with Gasteiger partial charge in [-0.1, -0.05) is 47.5 Å². The van der Waals surface area contributed by atoms with E-state index in [0.29, 0.717) is 41.0 Å². The summed E-state index contributed by atoms with van der Waals surface area (Å²) >= 11 is 12.9. The number of halogens is 2.